The molecule has 1 unspecified atom stereocenters. The zero-order valence-corrected chi connectivity index (χ0v) is 15.9. The van der Waals surface area contributed by atoms with Crippen LogP contribution in [0, 0.1) is 0 Å². The van der Waals surface area contributed by atoms with Crippen LogP contribution in [0.1, 0.15) is 54.5 Å². The SMILES string of the molecule is CCc1ccc(C(C)NCCC(c2ccccc2)c2ccccc2)cc1. The van der Waals surface area contributed by atoms with Gasteiger partial charge in [-0.3, -0.25) is 0 Å². The molecule has 134 valence electrons. The van der Waals surface area contributed by atoms with Crippen LogP contribution in [-0.2, 0) is 6.42 Å². The fourth-order valence-electron chi connectivity index (χ4n) is 3.50. The fraction of sp³-hybridized carbons (Fsp3) is 0.280. The van der Waals surface area contributed by atoms with Crippen molar-refractivity contribution in [2.45, 2.75) is 38.6 Å². The third kappa shape index (κ3) is 4.83. The molecule has 1 N–H and O–H groups in total. The molecular formula is C25H29N. The maximum Gasteiger partial charge on any atom is 0.0291 e. The van der Waals surface area contributed by atoms with Crippen LogP contribution in [0.15, 0.2) is 84.9 Å². The van der Waals surface area contributed by atoms with Gasteiger partial charge in [0.25, 0.3) is 0 Å². The van der Waals surface area contributed by atoms with Crippen molar-refractivity contribution in [2.75, 3.05) is 6.54 Å². The summed E-state index contributed by atoms with van der Waals surface area (Å²) in [5.41, 5.74) is 5.54. The molecule has 0 aliphatic carbocycles. The molecule has 26 heavy (non-hydrogen) atoms. The van der Waals surface area contributed by atoms with Crippen LogP contribution in [-0.4, -0.2) is 6.54 Å². The lowest BCUT2D eigenvalue weighted by Crippen LogP contribution is -2.21. The first-order valence-corrected chi connectivity index (χ1v) is 9.70. The van der Waals surface area contributed by atoms with E-state index in [-0.39, 0.29) is 0 Å². The summed E-state index contributed by atoms with van der Waals surface area (Å²) in [6, 6.07) is 31.0. The Balaban J connectivity index is 1.64. The van der Waals surface area contributed by atoms with E-state index in [0.29, 0.717) is 12.0 Å². The Morgan fingerprint density at radius 3 is 1.73 bits per heavy atom. The van der Waals surface area contributed by atoms with Gasteiger partial charge in [0, 0.05) is 12.0 Å². The molecule has 0 radical (unpaired) electrons. The highest BCUT2D eigenvalue weighted by atomic mass is 14.9. The first-order valence-electron chi connectivity index (χ1n) is 9.70. The van der Waals surface area contributed by atoms with Gasteiger partial charge in [0.05, 0.1) is 0 Å². The first-order chi connectivity index (χ1) is 12.8. The molecule has 0 saturated carbocycles. The van der Waals surface area contributed by atoms with Crippen molar-refractivity contribution >= 4 is 0 Å². The molecule has 3 rings (SSSR count). The second-order valence-corrected chi connectivity index (χ2v) is 6.93. The zero-order chi connectivity index (χ0) is 18.2. The van der Waals surface area contributed by atoms with Crippen molar-refractivity contribution in [3.05, 3.63) is 107 Å². The summed E-state index contributed by atoms with van der Waals surface area (Å²) in [5, 5.41) is 3.71. The third-order valence-electron chi connectivity index (χ3n) is 5.18. The summed E-state index contributed by atoms with van der Waals surface area (Å²) in [7, 11) is 0. The van der Waals surface area contributed by atoms with Gasteiger partial charge in [-0.2, -0.15) is 0 Å². The average molecular weight is 344 g/mol. The van der Waals surface area contributed by atoms with Crippen molar-refractivity contribution < 1.29 is 0 Å². The lowest BCUT2D eigenvalue weighted by molar-refractivity contribution is 0.540. The highest BCUT2D eigenvalue weighted by molar-refractivity contribution is 5.32. The predicted molar refractivity (Wildman–Crippen MR) is 112 cm³/mol. The highest BCUT2D eigenvalue weighted by Crippen LogP contribution is 2.27. The van der Waals surface area contributed by atoms with E-state index in [1.165, 1.54) is 22.3 Å². The third-order valence-corrected chi connectivity index (χ3v) is 5.18. The van der Waals surface area contributed by atoms with Gasteiger partial charge in [0.15, 0.2) is 0 Å². The number of nitrogens with one attached hydrogen (secondary N) is 1. The van der Waals surface area contributed by atoms with E-state index in [0.717, 1.165) is 19.4 Å². The summed E-state index contributed by atoms with van der Waals surface area (Å²) < 4.78 is 0. The lowest BCUT2D eigenvalue weighted by atomic mass is 9.88. The fourth-order valence-corrected chi connectivity index (χ4v) is 3.50. The molecule has 1 heteroatoms. The monoisotopic (exact) mass is 343 g/mol. The van der Waals surface area contributed by atoms with Crippen molar-refractivity contribution in [3.8, 4) is 0 Å². The molecule has 3 aromatic carbocycles. The molecule has 0 heterocycles. The van der Waals surface area contributed by atoms with Gasteiger partial charge in [-0.1, -0.05) is 91.9 Å². The summed E-state index contributed by atoms with van der Waals surface area (Å²) in [4.78, 5) is 0. The molecule has 0 fully saturated rings. The van der Waals surface area contributed by atoms with Gasteiger partial charge in [-0.05, 0) is 48.6 Å². The molecule has 0 aliphatic rings. The van der Waals surface area contributed by atoms with Crippen LogP contribution < -0.4 is 5.32 Å². The van der Waals surface area contributed by atoms with Gasteiger partial charge in [0.1, 0.15) is 0 Å². The molecule has 0 bridgehead atoms. The van der Waals surface area contributed by atoms with Crippen LogP contribution in [0.4, 0.5) is 0 Å². The Bertz CT molecular complexity index is 723. The normalized spacial score (nSPS) is 12.3. The van der Waals surface area contributed by atoms with E-state index in [1.807, 2.05) is 0 Å². The summed E-state index contributed by atoms with van der Waals surface area (Å²) in [6.07, 6.45) is 2.18. The van der Waals surface area contributed by atoms with Gasteiger partial charge in [-0.25, -0.2) is 0 Å². The minimum Gasteiger partial charge on any atom is -0.310 e. The molecule has 0 aliphatic heterocycles. The Kier molecular flexibility index (Phi) is 6.62. The van der Waals surface area contributed by atoms with Crippen LogP contribution >= 0.6 is 0 Å². The molecule has 3 aromatic rings. The van der Waals surface area contributed by atoms with Crippen molar-refractivity contribution in [1.29, 1.82) is 0 Å². The Labute approximate surface area is 158 Å². The summed E-state index contributed by atoms with van der Waals surface area (Å²) in [6.45, 7) is 5.44. The molecule has 1 nitrogen and oxygen atoms in total. The van der Waals surface area contributed by atoms with E-state index in [1.54, 1.807) is 0 Å². The molecule has 0 aromatic heterocycles. The Morgan fingerprint density at radius 1 is 0.692 bits per heavy atom. The molecule has 1 atom stereocenters. The molecular weight excluding hydrogens is 314 g/mol. The Hall–Kier alpha value is -2.38. The van der Waals surface area contributed by atoms with Gasteiger partial charge in [-0.15, -0.1) is 0 Å². The van der Waals surface area contributed by atoms with Gasteiger partial charge >= 0.3 is 0 Å². The van der Waals surface area contributed by atoms with Crippen LogP contribution in [0.3, 0.4) is 0 Å². The first kappa shape index (κ1) is 18.4. The standard InChI is InChI=1S/C25H29N/c1-3-21-14-16-22(17-15-21)20(2)26-19-18-25(23-10-6-4-7-11-23)24-12-8-5-9-13-24/h4-17,20,25-26H,3,18-19H2,1-2H3. The number of hydrogen-bond donors (Lipinski definition) is 1. The Morgan fingerprint density at radius 2 is 1.23 bits per heavy atom. The van der Waals surface area contributed by atoms with Crippen molar-refractivity contribution in [2.24, 2.45) is 0 Å². The van der Waals surface area contributed by atoms with Crippen molar-refractivity contribution in [3.63, 3.8) is 0 Å². The zero-order valence-electron chi connectivity index (χ0n) is 15.9. The highest BCUT2D eigenvalue weighted by Gasteiger charge is 2.14. The van der Waals surface area contributed by atoms with Crippen molar-refractivity contribution in [1.82, 2.24) is 5.32 Å². The van der Waals surface area contributed by atoms with Gasteiger partial charge < -0.3 is 5.32 Å². The second kappa shape index (κ2) is 9.35. The van der Waals surface area contributed by atoms with E-state index in [4.69, 9.17) is 0 Å². The quantitative estimate of drug-likeness (QED) is 0.519. The van der Waals surface area contributed by atoms with E-state index < -0.39 is 0 Å². The van der Waals surface area contributed by atoms with Crippen LogP contribution in [0.5, 0.6) is 0 Å². The maximum atomic E-state index is 3.71. The molecule has 0 amide bonds. The van der Waals surface area contributed by atoms with Gasteiger partial charge in [0.2, 0.25) is 0 Å². The van der Waals surface area contributed by atoms with Crippen LogP contribution in [0.25, 0.3) is 0 Å². The topological polar surface area (TPSA) is 12.0 Å². The van der Waals surface area contributed by atoms with E-state index >= 15 is 0 Å². The number of benzene rings is 3. The lowest BCUT2D eigenvalue weighted by Gasteiger charge is -2.21. The number of aryl methyl sites for hydroxylation is 1. The van der Waals surface area contributed by atoms with E-state index in [9.17, 15) is 0 Å². The maximum absolute atomic E-state index is 3.71. The number of hydrogen-bond acceptors (Lipinski definition) is 1. The van der Waals surface area contributed by atoms with E-state index in [2.05, 4.69) is 104 Å². The number of rotatable bonds is 8. The second-order valence-electron chi connectivity index (χ2n) is 6.93. The minimum atomic E-state index is 0.369. The minimum absolute atomic E-state index is 0.369. The predicted octanol–water partition coefficient (Wildman–Crippen LogP) is 6.12. The smallest absolute Gasteiger partial charge is 0.0291 e. The summed E-state index contributed by atoms with van der Waals surface area (Å²) in [5.74, 6) is 0.430. The summed E-state index contributed by atoms with van der Waals surface area (Å²) >= 11 is 0. The van der Waals surface area contributed by atoms with Crippen LogP contribution in [0.2, 0.25) is 0 Å². The molecule has 0 spiro atoms. The molecule has 0 saturated heterocycles. The largest absolute Gasteiger partial charge is 0.310 e. The average Bonchev–Trinajstić information content (AvgIpc) is 2.72.